The Kier molecular flexibility index (Phi) is 3.97. The summed E-state index contributed by atoms with van der Waals surface area (Å²) in [4.78, 5) is 11.2. The summed E-state index contributed by atoms with van der Waals surface area (Å²) in [5, 5.41) is 15.3. The summed E-state index contributed by atoms with van der Waals surface area (Å²) in [5.74, 6) is 0.100. The van der Waals surface area contributed by atoms with Crippen molar-refractivity contribution in [3.8, 4) is 0 Å². The van der Waals surface area contributed by atoms with Crippen LogP contribution in [0.1, 0.15) is 27.4 Å². The maximum Gasteiger partial charge on any atom is 0.358 e. The summed E-state index contributed by atoms with van der Waals surface area (Å²) in [6.07, 6.45) is 0. The molecule has 20 heavy (non-hydrogen) atoms. The van der Waals surface area contributed by atoms with Crippen LogP contribution in [-0.2, 0) is 18.3 Å². The minimum atomic E-state index is -0.497. The molecule has 0 aliphatic rings. The molecule has 0 saturated heterocycles. The molecule has 2 heterocycles. The van der Waals surface area contributed by atoms with Gasteiger partial charge in [-0.05, 0) is 26.0 Å². The van der Waals surface area contributed by atoms with Gasteiger partial charge in [-0.25, -0.2) is 4.79 Å². The lowest BCUT2D eigenvalue weighted by Crippen LogP contribution is -2.08. The van der Waals surface area contributed by atoms with Crippen molar-refractivity contribution < 1.29 is 9.53 Å². The molecule has 0 atom stereocenters. The van der Waals surface area contributed by atoms with E-state index in [2.05, 4.69) is 25.3 Å². The fourth-order valence-corrected chi connectivity index (χ4v) is 1.89. The van der Waals surface area contributed by atoms with Crippen LogP contribution in [0.25, 0.3) is 0 Å². The maximum atomic E-state index is 11.2. The number of anilines is 1. The molecule has 0 saturated carbocycles. The molecule has 0 aromatic carbocycles. The first-order chi connectivity index (χ1) is 9.52. The van der Waals surface area contributed by atoms with E-state index in [1.54, 1.807) is 12.1 Å². The Hall–Kier alpha value is -2.44. The predicted octanol–water partition coefficient (Wildman–Crippen LogP) is 1.23. The van der Waals surface area contributed by atoms with E-state index in [4.69, 9.17) is 0 Å². The number of carbonyl (C=O) groups is 1. The van der Waals surface area contributed by atoms with Gasteiger partial charge in [0.25, 0.3) is 0 Å². The largest absolute Gasteiger partial charge is 0.464 e. The number of hydrogen-bond acceptors (Lipinski definition) is 6. The summed E-state index contributed by atoms with van der Waals surface area (Å²) in [6, 6.07) is 3.27. The molecule has 1 N–H and O–H groups in total. The number of rotatable bonds is 4. The third kappa shape index (κ3) is 2.76. The van der Waals surface area contributed by atoms with Crippen LogP contribution < -0.4 is 5.32 Å². The van der Waals surface area contributed by atoms with Gasteiger partial charge in [0.1, 0.15) is 5.82 Å². The lowest BCUT2D eigenvalue weighted by molar-refractivity contribution is 0.0593. The number of ether oxygens (including phenoxy) is 1. The SMILES string of the molecule is COC(=O)c1ccc(NCc2c(C)nn(C)c2C)nn1. The van der Waals surface area contributed by atoms with Gasteiger partial charge in [0.2, 0.25) is 0 Å². The first-order valence-electron chi connectivity index (χ1n) is 6.18. The quantitative estimate of drug-likeness (QED) is 0.845. The van der Waals surface area contributed by atoms with Crippen molar-refractivity contribution in [1.29, 1.82) is 0 Å². The molecule has 2 rings (SSSR count). The summed E-state index contributed by atoms with van der Waals surface area (Å²) >= 11 is 0. The number of aromatic nitrogens is 4. The van der Waals surface area contributed by atoms with E-state index >= 15 is 0 Å². The molecule has 2 aromatic heterocycles. The molecule has 0 bridgehead atoms. The molecule has 0 unspecified atom stereocenters. The highest BCUT2D eigenvalue weighted by Gasteiger charge is 2.10. The predicted molar refractivity (Wildman–Crippen MR) is 73.4 cm³/mol. The van der Waals surface area contributed by atoms with Crippen LogP contribution in [0.15, 0.2) is 12.1 Å². The molecule has 7 heteroatoms. The highest BCUT2D eigenvalue weighted by atomic mass is 16.5. The van der Waals surface area contributed by atoms with Crippen LogP contribution in [0.4, 0.5) is 5.82 Å². The summed E-state index contributed by atoms with van der Waals surface area (Å²) < 4.78 is 6.41. The zero-order valence-corrected chi connectivity index (χ0v) is 12.0. The average Bonchev–Trinajstić information content (AvgIpc) is 2.70. The van der Waals surface area contributed by atoms with E-state index in [0.717, 1.165) is 17.0 Å². The fraction of sp³-hybridized carbons (Fsp3) is 0.385. The monoisotopic (exact) mass is 275 g/mol. The van der Waals surface area contributed by atoms with E-state index < -0.39 is 5.97 Å². The number of carbonyl (C=O) groups excluding carboxylic acids is 1. The van der Waals surface area contributed by atoms with Crippen LogP contribution in [0.3, 0.4) is 0 Å². The second-order valence-corrected chi connectivity index (χ2v) is 4.42. The van der Waals surface area contributed by atoms with Gasteiger partial charge in [-0.15, -0.1) is 10.2 Å². The Balaban J connectivity index is 2.06. The van der Waals surface area contributed by atoms with Crippen molar-refractivity contribution in [2.45, 2.75) is 20.4 Å². The van der Waals surface area contributed by atoms with Crippen molar-refractivity contribution in [2.75, 3.05) is 12.4 Å². The molecule has 0 aliphatic heterocycles. The van der Waals surface area contributed by atoms with E-state index in [0.29, 0.717) is 12.4 Å². The minimum Gasteiger partial charge on any atom is -0.464 e. The molecule has 0 radical (unpaired) electrons. The van der Waals surface area contributed by atoms with Crippen LogP contribution >= 0.6 is 0 Å². The highest BCUT2D eigenvalue weighted by Crippen LogP contribution is 2.13. The van der Waals surface area contributed by atoms with Crippen LogP contribution in [0, 0.1) is 13.8 Å². The van der Waals surface area contributed by atoms with Gasteiger partial charge in [0, 0.05) is 24.8 Å². The number of hydrogen-bond donors (Lipinski definition) is 1. The van der Waals surface area contributed by atoms with Crippen molar-refractivity contribution >= 4 is 11.8 Å². The third-order valence-electron chi connectivity index (χ3n) is 3.16. The highest BCUT2D eigenvalue weighted by molar-refractivity contribution is 5.86. The topological polar surface area (TPSA) is 81.9 Å². The van der Waals surface area contributed by atoms with Gasteiger partial charge in [0.05, 0.1) is 12.8 Å². The lowest BCUT2D eigenvalue weighted by Gasteiger charge is -2.06. The Morgan fingerprint density at radius 1 is 1.35 bits per heavy atom. The molecule has 7 nitrogen and oxygen atoms in total. The zero-order chi connectivity index (χ0) is 14.7. The van der Waals surface area contributed by atoms with Crippen molar-refractivity contribution in [3.63, 3.8) is 0 Å². The molecule has 0 fully saturated rings. The van der Waals surface area contributed by atoms with E-state index in [-0.39, 0.29) is 5.69 Å². The van der Waals surface area contributed by atoms with Crippen LogP contribution in [-0.4, -0.2) is 33.1 Å². The number of aryl methyl sites for hydroxylation is 2. The molecule has 0 amide bonds. The second-order valence-electron chi connectivity index (χ2n) is 4.42. The first kappa shape index (κ1) is 14.0. The zero-order valence-electron chi connectivity index (χ0n) is 12.0. The number of nitrogens with one attached hydrogen (secondary N) is 1. The summed E-state index contributed by atoms with van der Waals surface area (Å²) in [7, 11) is 3.22. The average molecular weight is 275 g/mol. The van der Waals surface area contributed by atoms with Gasteiger partial charge in [-0.3, -0.25) is 4.68 Å². The molecular formula is C13H17N5O2. The molecule has 106 valence electrons. The van der Waals surface area contributed by atoms with Gasteiger partial charge in [-0.2, -0.15) is 5.10 Å². The maximum absolute atomic E-state index is 11.2. The third-order valence-corrected chi connectivity index (χ3v) is 3.16. The van der Waals surface area contributed by atoms with E-state index in [9.17, 15) is 4.79 Å². The van der Waals surface area contributed by atoms with Gasteiger partial charge >= 0.3 is 5.97 Å². The molecule has 2 aromatic rings. The van der Waals surface area contributed by atoms with Crippen molar-refractivity contribution in [2.24, 2.45) is 7.05 Å². The number of methoxy groups -OCH3 is 1. The van der Waals surface area contributed by atoms with E-state index in [1.807, 2.05) is 25.6 Å². The van der Waals surface area contributed by atoms with Crippen LogP contribution in [0.5, 0.6) is 0 Å². The van der Waals surface area contributed by atoms with Crippen LogP contribution in [0.2, 0.25) is 0 Å². The first-order valence-corrected chi connectivity index (χ1v) is 6.18. The summed E-state index contributed by atoms with van der Waals surface area (Å²) in [5.41, 5.74) is 3.41. The molecular weight excluding hydrogens is 258 g/mol. The molecule has 0 spiro atoms. The van der Waals surface area contributed by atoms with Gasteiger partial charge in [0.15, 0.2) is 5.69 Å². The lowest BCUT2D eigenvalue weighted by atomic mass is 10.2. The van der Waals surface area contributed by atoms with Crippen molar-refractivity contribution in [3.05, 3.63) is 34.8 Å². The minimum absolute atomic E-state index is 0.187. The smallest absolute Gasteiger partial charge is 0.358 e. The van der Waals surface area contributed by atoms with Gasteiger partial charge in [-0.1, -0.05) is 0 Å². The fourth-order valence-electron chi connectivity index (χ4n) is 1.89. The standard InChI is InChI=1S/C13H17N5O2/c1-8-10(9(2)18(3)17-8)7-14-12-6-5-11(15-16-12)13(19)20-4/h5-6H,7H2,1-4H3,(H,14,16). The Labute approximate surface area is 117 Å². The summed E-state index contributed by atoms with van der Waals surface area (Å²) in [6.45, 7) is 4.59. The second kappa shape index (κ2) is 5.68. The Morgan fingerprint density at radius 3 is 2.60 bits per heavy atom. The van der Waals surface area contributed by atoms with Crippen molar-refractivity contribution in [1.82, 2.24) is 20.0 Å². The normalized spacial score (nSPS) is 10.4. The van der Waals surface area contributed by atoms with Gasteiger partial charge < -0.3 is 10.1 Å². The Bertz CT molecular complexity index is 618. The molecule has 0 aliphatic carbocycles. The Morgan fingerprint density at radius 2 is 2.10 bits per heavy atom. The number of esters is 1. The number of nitrogens with zero attached hydrogens (tertiary/aromatic N) is 4. The van der Waals surface area contributed by atoms with E-state index in [1.165, 1.54) is 7.11 Å².